The molecule has 3 atom stereocenters. The second kappa shape index (κ2) is 4.92. The summed E-state index contributed by atoms with van der Waals surface area (Å²) in [5.74, 6) is 0.643. The molecule has 3 heterocycles. The van der Waals surface area contributed by atoms with Gasteiger partial charge in [0.1, 0.15) is 18.1 Å². The molecule has 0 amide bonds. The standard InChI is InChI=1S/C12H17N3O4/c16-6-9-8(17)4-10(19-9)15-5-7-2-1-3-13-11(7)14-12(15)18/h5,8-10,16-17H,1-4,6H2,(H,13,14,18). The number of aryl methyl sites for hydroxylation is 1. The van der Waals surface area contributed by atoms with Crippen LogP contribution in [-0.4, -0.2) is 45.1 Å². The quantitative estimate of drug-likeness (QED) is 0.652. The lowest BCUT2D eigenvalue weighted by molar-refractivity contribution is -0.0459. The average Bonchev–Trinajstić information content (AvgIpc) is 2.79. The molecule has 3 rings (SSSR count). The summed E-state index contributed by atoms with van der Waals surface area (Å²) in [4.78, 5) is 16.0. The van der Waals surface area contributed by atoms with Gasteiger partial charge >= 0.3 is 5.69 Å². The zero-order chi connectivity index (χ0) is 13.4. The Kier molecular flexibility index (Phi) is 3.26. The molecule has 3 unspecified atom stereocenters. The summed E-state index contributed by atoms with van der Waals surface area (Å²) in [6.07, 6.45) is 1.96. The number of anilines is 1. The van der Waals surface area contributed by atoms with Crippen molar-refractivity contribution in [2.75, 3.05) is 18.5 Å². The van der Waals surface area contributed by atoms with Crippen molar-refractivity contribution < 1.29 is 14.9 Å². The number of ether oxygens (including phenoxy) is 1. The molecule has 7 nitrogen and oxygen atoms in total. The Morgan fingerprint density at radius 1 is 1.58 bits per heavy atom. The molecule has 0 saturated carbocycles. The Labute approximate surface area is 109 Å². The number of fused-ring (bicyclic) bond motifs is 1. The van der Waals surface area contributed by atoms with E-state index in [4.69, 9.17) is 9.84 Å². The van der Waals surface area contributed by atoms with Gasteiger partial charge in [0, 0.05) is 24.7 Å². The Morgan fingerprint density at radius 2 is 2.42 bits per heavy atom. The van der Waals surface area contributed by atoms with Gasteiger partial charge in [-0.2, -0.15) is 4.98 Å². The summed E-state index contributed by atoms with van der Waals surface area (Å²) < 4.78 is 6.89. The summed E-state index contributed by atoms with van der Waals surface area (Å²) in [7, 11) is 0. The smallest absolute Gasteiger partial charge is 0.351 e. The van der Waals surface area contributed by atoms with Crippen molar-refractivity contribution in [2.24, 2.45) is 0 Å². The molecule has 1 fully saturated rings. The molecular weight excluding hydrogens is 250 g/mol. The SMILES string of the molecule is O=c1nc2c(cn1C1CC(O)C(CO)O1)CCCN2. The number of hydrogen-bond donors (Lipinski definition) is 3. The van der Waals surface area contributed by atoms with Gasteiger partial charge in [0.05, 0.1) is 12.7 Å². The maximum Gasteiger partial charge on any atom is 0.351 e. The number of aromatic nitrogens is 2. The minimum Gasteiger partial charge on any atom is -0.394 e. The highest BCUT2D eigenvalue weighted by Crippen LogP contribution is 2.28. The number of aliphatic hydroxyl groups excluding tert-OH is 2. The summed E-state index contributed by atoms with van der Waals surface area (Å²) in [5, 5.41) is 21.9. The maximum absolute atomic E-state index is 12.0. The summed E-state index contributed by atoms with van der Waals surface area (Å²) in [6, 6.07) is 0. The highest BCUT2D eigenvalue weighted by atomic mass is 16.5. The van der Waals surface area contributed by atoms with Gasteiger partial charge in [-0.15, -0.1) is 0 Å². The van der Waals surface area contributed by atoms with Gasteiger partial charge in [0.15, 0.2) is 0 Å². The van der Waals surface area contributed by atoms with Crippen LogP contribution in [0.15, 0.2) is 11.0 Å². The molecule has 1 saturated heterocycles. The summed E-state index contributed by atoms with van der Waals surface area (Å²) in [5.41, 5.74) is 0.584. The Hall–Kier alpha value is -1.44. The molecule has 1 aromatic rings. The molecule has 0 radical (unpaired) electrons. The normalized spacial score (nSPS) is 29.9. The van der Waals surface area contributed by atoms with E-state index in [2.05, 4.69) is 10.3 Å². The van der Waals surface area contributed by atoms with E-state index in [0.717, 1.165) is 24.9 Å². The monoisotopic (exact) mass is 267 g/mol. The Bertz CT molecular complexity index is 530. The van der Waals surface area contributed by atoms with Gasteiger partial charge in [-0.05, 0) is 12.8 Å². The van der Waals surface area contributed by atoms with Crippen molar-refractivity contribution >= 4 is 5.82 Å². The molecule has 0 aromatic carbocycles. The fraction of sp³-hybridized carbons (Fsp3) is 0.667. The van der Waals surface area contributed by atoms with Crippen molar-refractivity contribution in [3.63, 3.8) is 0 Å². The summed E-state index contributed by atoms with van der Waals surface area (Å²) in [6.45, 7) is 0.570. The Morgan fingerprint density at radius 3 is 3.16 bits per heavy atom. The van der Waals surface area contributed by atoms with Crippen molar-refractivity contribution in [3.05, 3.63) is 22.2 Å². The molecule has 0 bridgehead atoms. The van der Waals surface area contributed by atoms with Gasteiger partial charge < -0.3 is 20.3 Å². The van der Waals surface area contributed by atoms with E-state index in [0.29, 0.717) is 12.2 Å². The van der Waals surface area contributed by atoms with E-state index in [9.17, 15) is 9.90 Å². The van der Waals surface area contributed by atoms with Crippen LogP contribution in [0.5, 0.6) is 0 Å². The van der Waals surface area contributed by atoms with Crippen molar-refractivity contribution in [3.8, 4) is 0 Å². The Balaban J connectivity index is 1.91. The fourth-order valence-electron chi connectivity index (χ4n) is 2.59. The molecule has 2 aliphatic heterocycles. The lowest BCUT2D eigenvalue weighted by Gasteiger charge is -2.20. The first-order valence-corrected chi connectivity index (χ1v) is 6.49. The van der Waals surface area contributed by atoms with Crippen LogP contribution >= 0.6 is 0 Å². The van der Waals surface area contributed by atoms with Crippen LogP contribution < -0.4 is 11.0 Å². The predicted molar refractivity (Wildman–Crippen MR) is 66.9 cm³/mol. The van der Waals surface area contributed by atoms with Gasteiger partial charge in [-0.1, -0.05) is 0 Å². The first kappa shape index (κ1) is 12.6. The summed E-state index contributed by atoms with van der Waals surface area (Å²) >= 11 is 0. The van der Waals surface area contributed by atoms with Crippen LogP contribution in [0, 0.1) is 0 Å². The first-order valence-electron chi connectivity index (χ1n) is 6.49. The van der Waals surface area contributed by atoms with Gasteiger partial charge in [-0.3, -0.25) is 4.57 Å². The molecule has 104 valence electrons. The largest absolute Gasteiger partial charge is 0.394 e. The molecule has 2 aliphatic rings. The number of nitrogens with zero attached hydrogens (tertiary/aromatic N) is 2. The van der Waals surface area contributed by atoms with Crippen molar-refractivity contribution in [1.29, 1.82) is 0 Å². The molecule has 0 spiro atoms. The number of nitrogens with one attached hydrogen (secondary N) is 1. The van der Waals surface area contributed by atoms with E-state index in [1.54, 1.807) is 6.20 Å². The van der Waals surface area contributed by atoms with Crippen LogP contribution in [-0.2, 0) is 11.2 Å². The zero-order valence-corrected chi connectivity index (χ0v) is 10.5. The number of rotatable bonds is 2. The van der Waals surface area contributed by atoms with E-state index in [-0.39, 0.29) is 6.61 Å². The van der Waals surface area contributed by atoms with Gasteiger partial charge in [0.2, 0.25) is 0 Å². The minimum atomic E-state index is -0.754. The molecule has 7 heteroatoms. The minimum absolute atomic E-state index is 0.258. The van der Waals surface area contributed by atoms with Crippen molar-refractivity contribution in [2.45, 2.75) is 37.7 Å². The van der Waals surface area contributed by atoms with Crippen LogP contribution in [0.25, 0.3) is 0 Å². The maximum atomic E-state index is 12.0. The van der Waals surface area contributed by atoms with Crippen molar-refractivity contribution in [1.82, 2.24) is 9.55 Å². The highest BCUT2D eigenvalue weighted by Gasteiger charge is 2.35. The topological polar surface area (TPSA) is 96.6 Å². The third kappa shape index (κ3) is 2.24. The van der Waals surface area contributed by atoms with E-state index < -0.39 is 24.1 Å². The molecule has 19 heavy (non-hydrogen) atoms. The lowest BCUT2D eigenvalue weighted by atomic mass is 10.1. The van der Waals surface area contributed by atoms with Crippen LogP contribution in [0.2, 0.25) is 0 Å². The molecule has 1 aromatic heterocycles. The van der Waals surface area contributed by atoms with Crippen LogP contribution in [0.1, 0.15) is 24.6 Å². The molecular formula is C12H17N3O4. The third-order valence-corrected chi connectivity index (χ3v) is 3.64. The van der Waals surface area contributed by atoms with Crippen LogP contribution in [0.4, 0.5) is 5.82 Å². The first-order chi connectivity index (χ1) is 9.19. The molecule has 0 aliphatic carbocycles. The second-order valence-electron chi connectivity index (χ2n) is 4.95. The van der Waals surface area contributed by atoms with E-state index in [1.807, 2.05) is 0 Å². The highest BCUT2D eigenvalue weighted by molar-refractivity contribution is 5.44. The van der Waals surface area contributed by atoms with Gasteiger partial charge in [0.25, 0.3) is 0 Å². The molecule has 3 N–H and O–H groups in total. The number of aliphatic hydroxyl groups is 2. The number of hydrogen-bond acceptors (Lipinski definition) is 6. The second-order valence-corrected chi connectivity index (χ2v) is 4.95. The van der Waals surface area contributed by atoms with E-state index >= 15 is 0 Å². The van der Waals surface area contributed by atoms with Crippen LogP contribution in [0.3, 0.4) is 0 Å². The van der Waals surface area contributed by atoms with E-state index in [1.165, 1.54) is 4.57 Å². The predicted octanol–water partition coefficient (Wildman–Crippen LogP) is -0.758. The zero-order valence-electron chi connectivity index (χ0n) is 10.5. The van der Waals surface area contributed by atoms with Gasteiger partial charge in [-0.25, -0.2) is 4.79 Å². The average molecular weight is 267 g/mol. The third-order valence-electron chi connectivity index (χ3n) is 3.64. The lowest BCUT2D eigenvalue weighted by Crippen LogP contribution is -2.30. The fourth-order valence-corrected chi connectivity index (χ4v) is 2.59.